The minimum Gasteiger partial charge on any atom is -0.497 e. The molecule has 2 aliphatic rings. The lowest BCUT2D eigenvalue weighted by Crippen LogP contribution is -2.33. The first-order valence-corrected chi connectivity index (χ1v) is 12.0. The van der Waals surface area contributed by atoms with Crippen LogP contribution in [0.15, 0.2) is 72.0 Å². The molecule has 8 heteroatoms. The summed E-state index contributed by atoms with van der Waals surface area (Å²) in [6.45, 7) is 1.55. The Kier molecular flexibility index (Phi) is 5.24. The molecule has 2 atom stereocenters. The Balaban J connectivity index is 1.52. The van der Waals surface area contributed by atoms with Crippen molar-refractivity contribution in [2.45, 2.75) is 25.6 Å². The number of hydrazone groups is 1. The molecule has 0 radical (unpaired) electrons. The van der Waals surface area contributed by atoms with E-state index in [0.29, 0.717) is 22.2 Å². The maximum absolute atomic E-state index is 12.4. The van der Waals surface area contributed by atoms with Crippen LogP contribution in [0.25, 0.3) is 10.9 Å². The Morgan fingerprint density at radius 3 is 2.60 bits per heavy atom. The second-order valence-corrected chi connectivity index (χ2v) is 9.49. The SMILES string of the molecule is COc1ccc(C2=NN3[C@H](C2)c2cc(Cl)cc(Cl)c2O[C@H]3c2cn(C(C)=O)c3ccccc23)cc1. The third-order valence-electron chi connectivity index (χ3n) is 6.58. The van der Waals surface area contributed by atoms with Gasteiger partial charge < -0.3 is 9.47 Å². The smallest absolute Gasteiger partial charge is 0.227 e. The van der Waals surface area contributed by atoms with Crippen LogP contribution in [0.4, 0.5) is 0 Å². The van der Waals surface area contributed by atoms with E-state index in [4.69, 9.17) is 37.8 Å². The number of hydrogen-bond donors (Lipinski definition) is 0. The number of para-hydroxylation sites is 1. The minimum absolute atomic E-state index is 0.0751. The monoisotopic (exact) mass is 505 g/mol. The number of methoxy groups -OCH3 is 1. The number of halogens is 2. The first kappa shape index (κ1) is 22.0. The molecule has 1 aromatic heterocycles. The molecule has 6 rings (SSSR count). The molecule has 0 saturated heterocycles. The molecular weight excluding hydrogens is 485 g/mol. The predicted octanol–water partition coefficient (Wildman–Crippen LogP) is 6.86. The molecule has 0 saturated carbocycles. The van der Waals surface area contributed by atoms with Crippen LogP contribution >= 0.6 is 23.2 Å². The maximum atomic E-state index is 12.4. The van der Waals surface area contributed by atoms with Crippen molar-refractivity contribution in [2.75, 3.05) is 7.11 Å². The lowest BCUT2D eigenvalue weighted by Gasteiger charge is -2.38. The fourth-order valence-electron chi connectivity index (χ4n) is 4.94. The van der Waals surface area contributed by atoms with Crippen molar-refractivity contribution < 1.29 is 14.3 Å². The summed E-state index contributed by atoms with van der Waals surface area (Å²) in [5.41, 5.74) is 4.48. The highest BCUT2D eigenvalue weighted by molar-refractivity contribution is 6.35. The molecule has 0 fully saturated rings. The molecule has 176 valence electrons. The van der Waals surface area contributed by atoms with Gasteiger partial charge in [-0.3, -0.25) is 9.36 Å². The van der Waals surface area contributed by atoms with Gasteiger partial charge >= 0.3 is 0 Å². The summed E-state index contributed by atoms with van der Waals surface area (Å²) in [4.78, 5) is 12.4. The van der Waals surface area contributed by atoms with Crippen molar-refractivity contribution >= 4 is 45.7 Å². The molecule has 4 aromatic rings. The van der Waals surface area contributed by atoms with Crippen molar-refractivity contribution in [3.05, 3.63) is 93.6 Å². The van der Waals surface area contributed by atoms with Gasteiger partial charge in [0, 0.05) is 41.1 Å². The Hall–Kier alpha value is -3.48. The summed E-state index contributed by atoms with van der Waals surface area (Å²) < 4.78 is 13.5. The molecule has 0 spiro atoms. The fraction of sp³-hybridized carbons (Fsp3) is 0.185. The fourth-order valence-corrected chi connectivity index (χ4v) is 5.49. The summed E-state index contributed by atoms with van der Waals surface area (Å²) in [5, 5.41) is 8.89. The number of fused-ring (bicyclic) bond motifs is 4. The van der Waals surface area contributed by atoms with Crippen LogP contribution < -0.4 is 9.47 Å². The van der Waals surface area contributed by atoms with Gasteiger partial charge in [-0.2, -0.15) is 5.10 Å². The van der Waals surface area contributed by atoms with Gasteiger partial charge in [0.15, 0.2) is 0 Å². The molecular formula is C27H21Cl2N3O3. The van der Waals surface area contributed by atoms with Gasteiger partial charge in [-0.25, -0.2) is 5.01 Å². The second kappa shape index (κ2) is 8.33. The molecule has 3 aromatic carbocycles. The normalized spacial score (nSPS) is 18.6. The molecule has 2 aliphatic heterocycles. The quantitative estimate of drug-likeness (QED) is 0.305. The average molecular weight is 506 g/mol. The van der Waals surface area contributed by atoms with Gasteiger partial charge in [0.1, 0.15) is 11.5 Å². The zero-order valence-electron chi connectivity index (χ0n) is 19.0. The van der Waals surface area contributed by atoms with Gasteiger partial charge in [-0.15, -0.1) is 0 Å². The van der Waals surface area contributed by atoms with E-state index in [9.17, 15) is 4.79 Å². The zero-order chi connectivity index (χ0) is 24.3. The van der Waals surface area contributed by atoms with Crippen LogP contribution in [0.2, 0.25) is 10.0 Å². The number of aromatic nitrogens is 1. The van der Waals surface area contributed by atoms with E-state index in [1.807, 2.05) is 65.8 Å². The molecule has 3 heterocycles. The highest BCUT2D eigenvalue weighted by Crippen LogP contribution is 2.51. The Labute approximate surface area is 212 Å². The minimum atomic E-state index is -0.576. The Morgan fingerprint density at radius 1 is 1.09 bits per heavy atom. The van der Waals surface area contributed by atoms with Gasteiger partial charge in [0.05, 0.1) is 29.4 Å². The van der Waals surface area contributed by atoms with Gasteiger partial charge in [0.2, 0.25) is 12.1 Å². The van der Waals surface area contributed by atoms with Crippen LogP contribution in [0, 0.1) is 0 Å². The topological polar surface area (TPSA) is 56.1 Å². The highest BCUT2D eigenvalue weighted by atomic mass is 35.5. The number of hydrogen-bond acceptors (Lipinski definition) is 5. The average Bonchev–Trinajstić information content (AvgIpc) is 3.47. The zero-order valence-corrected chi connectivity index (χ0v) is 20.5. The van der Waals surface area contributed by atoms with Crippen molar-refractivity contribution in [2.24, 2.45) is 5.10 Å². The molecule has 0 unspecified atom stereocenters. The molecule has 0 amide bonds. The van der Waals surface area contributed by atoms with Gasteiger partial charge in [-0.05, 0) is 48.0 Å². The van der Waals surface area contributed by atoms with Crippen molar-refractivity contribution in [1.29, 1.82) is 0 Å². The summed E-state index contributed by atoms with van der Waals surface area (Å²) in [6, 6.07) is 19.1. The standard InChI is InChI=1S/C27H21Cl2N3O3/c1-15(33)31-14-21(19-5-3-4-6-24(19)31)27-32-25(20-11-17(28)12-22(29)26(20)35-27)13-23(30-32)16-7-9-18(34-2)10-8-16/h3-12,14,25,27H,13H2,1-2H3/t25-,27+/m1/s1. The first-order chi connectivity index (χ1) is 16.9. The number of carbonyl (C=O) groups excluding carboxylic acids is 1. The van der Waals surface area contributed by atoms with Crippen LogP contribution in [-0.2, 0) is 0 Å². The van der Waals surface area contributed by atoms with E-state index < -0.39 is 6.23 Å². The summed E-state index contributed by atoms with van der Waals surface area (Å²) in [6.07, 6.45) is 1.92. The summed E-state index contributed by atoms with van der Waals surface area (Å²) in [5.74, 6) is 1.30. The van der Waals surface area contributed by atoms with Crippen molar-refractivity contribution in [3.63, 3.8) is 0 Å². The van der Waals surface area contributed by atoms with Gasteiger partial charge in [0.25, 0.3) is 0 Å². The largest absolute Gasteiger partial charge is 0.497 e. The van der Waals surface area contributed by atoms with E-state index in [0.717, 1.165) is 39.1 Å². The second-order valence-electron chi connectivity index (χ2n) is 8.64. The van der Waals surface area contributed by atoms with Crippen molar-refractivity contribution in [1.82, 2.24) is 9.58 Å². The van der Waals surface area contributed by atoms with E-state index in [-0.39, 0.29) is 11.9 Å². The van der Waals surface area contributed by atoms with Crippen LogP contribution in [-0.4, -0.2) is 28.3 Å². The van der Waals surface area contributed by atoms with Crippen LogP contribution in [0.1, 0.15) is 47.1 Å². The van der Waals surface area contributed by atoms with Gasteiger partial charge in [-0.1, -0.05) is 41.4 Å². The van der Waals surface area contributed by atoms with Crippen LogP contribution in [0.3, 0.4) is 0 Å². The Bertz CT molecular complexity index is 1510. The summed E-state index contributed by atoms with van der Waals surface area (Å²) in [7, 11) is 1.65. The Morgan fingerprint density at radius 2 is 1.86 bits per heavy atom. The molecule has 0 aliphatic carbocycles. The van der Waals surface area contributed by atoms with Crippen molar-refractivity contribution in [3.8, 4) is 11.5 Å². The third kappa shape index (κ3) is 3.56. The molecule has 0 bridgehead atoms. The van der Waals surface area contributed by atoms with E-state index in [1.54, 1.807) is 24.7 Å². The van der Waals surface area contributed by atoms with E-state index in [2.05, 4.69) is 0 Å². The number of rotatable bonds is 3. The third-order valence-corrected chi connectivity index (χ3v) is 7.08. The maximum Gasteiger partial charge on any atom is 0.227 e. The van der Waals surface area contributed by atoms with E-state index in [1.165, 1.54) is 0 Å². The highest BCUT2D eigenvalue weighted by Gasteiger charge is 2.43. The number of carbonyl (C=O) groups is 1. The number of nitrogens with zero attached hydrogens (tertiary/aromatic N) is 3. The van der Waals surface area contributed by atoms with Crippen LogP contribution in [0.5, 0.6) is 11.5 Å². The summed E-state index contributed by atoms with van der Waals surface area (Å²) >= 11 is 13.0. The lowest BCUT2D eigenvalue weighted by molar-refractivity contribution is -0.0180. The van der Waals surface area contributed by atoms with E-state index >= 15 is 0 Å². The predicted molar refractivity (Wildman–Crippen MR) is 137 cm³/mol. The molecule has 6 nitrogen and oxygen atoms in total. The number of benzene rings is 3. The lowest BCUT2D eigenvalue weighted by atomic mass is 9.95. The number of ether oxygens (including phenoxy) is 2. The first-order valence-electron chi connectivity index (χ1n) is 11.2. The molecule has 35 heavy (non-hydrogen) atoms. The molecule has 0 N–H and O–H groups in total.